The van der Waals surface area contributed by atoms with E-state index in [2.05, 4.69) is 0 Å². The van der Waals surface area contributed by atoms with Gasteiger partial charge >= 0.3 is 17.4 Å². The number of benzene rings is 2. The molecule has 10 heteroatoms. The molecule has 0 aromatic heterocycles. The van der Waals surface area contributed by atoms with Gasteiger partial charge in [0.2, 0.25) is 4.75 Å². The van der Waals surface area contributed by atoms with E-state index in [1.54, 1.807) is 0 Å². The summed E-state index contributed by atoms with van der Waals surface area (Å²) in [4.78, 5) is 37.8. The molecule has 0 aliphatic carbocycles. The van der Waals surface area contributed by atoms with Crippen LogP contribution < -0.4 is 0 Å². The Morgan fingerprint density at radius 1 is 0.839 bits per heavy atom. The van der Waals surface area contributed by atoms with Crippen molar-refractivity contribution < 1.29 is 37.0 Å². The topological polar surface area (TPSA) is 69.7 Å². The number of rotatable bonds is 8. The van der Waals surface area contributed by atoms with Crippen molar-refractivity contribution in [3.8, 4) is 0 Å². The first-order chi connectivity index (χ1) is 14.5. The summed E-state index contributed by atoms with van der Waals surface area (Å²) in [7, 11) is 0. The summed E-state index contributed by atoms with van der Waals surface area (Å²) in [5, 5.41) is 0.435. The number of carbonyl (C=O) groups is 3. The van der Waals surface area contributed by atoms with Crippen LogP contribution in [-0.2, 0) is 23.8 Å². The van der Waals surface area contributed by atoms with Crippen LogP contribution in [0.2, 0.25) is 5.02 Å². The zero-order valence-corrected chi connectivity index (χ0v) is 18.1. The second-order valence-electron chi connectivity index (χ2n) is 6.08. The lowest BCUT2D eigenvalue weighted by Gasteiger charge is -2.29. The summed E-state index contributed by atoms with van der Waals surface area (Å²) < 4.78 is 46.9. The average molecular weight is 475 g/mol. The molecule has 0 unspecified atom stereocenters. The van der Waals surface area contributed by atoms with Crippen molar-refractivity contribution in [2.24, 2.45) is 0 Å². The third-order valence-electron chi connectivity index (χ3n) is 4.05. The van der Waals surface area contributed by atoms with E-state index in [0.717, 1.165) is 12.1 Å². The molecule has 0 radical (unpaired) electrons. The van der Waals surface area contributed by atoms with Gasteiger partial charge < -0.3 is 9.47 Å². The molecule has 0 heterocycles. The summed E-state index contributed by atoms with van der Waals surface area (Å²) in [6.07, 6.45) is 0. The third-order valence-corrected chi connectivity index (χ3v) is 5.41. The molecule has 2 aromatic rings. The Morgan fingerprint density at radius 3 is 1.65 bits per heavy atom. The van der Waals surface area contributed by atoms with Gasteiger partial charge in [-0.05, 0) is 55.4 Å². The van der Waals surface area contributed by atoms with Crippen LogP contribution in [-0.4, -0.2) is 36.4 Å². The average Bonchev–Trinajstić information content (AvgIpc) is 2.72. The van der Waals surface area contributed by atoms with Crippen molar-refractivity contribution in [1.29, 1.82) is 0 Å². The highest BCUT2D eigenvalue weighted by molar-refractivity contribution is 8.02. The number of hydrogen-bond acceptors (Lipinski definition) is 6. The van der Waals surface area contributed by atoms with Crippen LogP contribution in [0.1, 0.15) is 35.3 Å². The SMILES string of the molecule is CCOC(=O)C(SC(F)(F)F)(C(=O)OCC)c1ccc(C(=O)c2ccc(Cl)cc2)cc1. The minimum atomic E-state index is -4.96. The first-order valence-electron chi connectivity index (χ1n) is 9.07. The van der Waals surface area contributed by atoms with Gasteiger partial charge in [-0.2, -0.15) is 13.2 Å². The Hall–Kier alpha value is -2.52. The van der Waals surface area contributed by atoms with Crippen LogP contribution >= 0.6 is 23.4 Å². The number of halogens is 4. The van der Waals surface area contributed by atoms with Crippen molar-refractivity contribution >= 4 is 41.1 Å². The predicted octanol–water partition coefficient (Wildman–Crippen LogP) is 5.15. The van der Waals surface area contributed by atoms with E-state index in [0.29, 0.717) is 10.6 Å². The highest BCUT2D eigenvalue weighted by Gasteiger charge is 2.58. The Kier molecular flexibility index (Phi) is 8.14. The molecule has 0 spiro atoms. The van der Waals surface area contributed by atoms with Crippen molar-refractivity contribution in [3.63, 3.8) is 0 Å². The predicted molar refractivity (Wildman–Crippen MR) is 110 cm³/mol. The number of esters is 2. The lowest BCUT2D eigenvalue weighted by Crippen LogP contribution is -2.45. The van der Waals surface area contributed by atoms with Crippen LogP contribution in [0.15, 0.2) is 48.5 Å². The third kappa shape index (κ3) is 5.80. The largest absolute Gasteiger partial charge is 0.464 e. The molecule has 2 aromatic carbocycles. The minimum Gasteiger partial charge on any atom is -0.464 e. The maximum absolute atomic E-state index is 13.4. The fourth-order valence-corrected chi connectivity index (χ4v) is 3.74. The molecule has 0 bridgehead atoms. The van der Waals surface area contributed by atoms with Crippen molar-refractivity contribution in [2.45, 2.75) is 24.1 Å². The summed E-state index contributed by atoms with van der Waals surface area (Å²) >= 11 is 4.97. The fourth-order valence-electron chi connectivity index (χ4n) is 2.72. The first-order valence-corrected chi connectivity index (χ1v) is 10.3. The first kappa shape index (κ1) is 24.7. The van der Waals surface area contributed by atoms with Gasteiger partial charge in [-0.1, -0.05) is 35.9 Å². The number of carbonyl (C=O) groups excluding carboxylic acids is 3. The molecule has 5 nitrogen and oxygen atoms in total. The molecule has 0 saturated heterocycles. The zero-order valence-electron chi connectivity index (χ0n) is 16.5. The molecule has 0 aliphatic heterocycles. The maximum atomic E-state index is 13.4. The number of ketones is 1. The summed E-state index contributed by atoms with van der Waals surface area (Å²) in [6, 6.07) is 10.7. The number of ether oxygens (including phenoxy) is 2. The minimum absolute atomic E-state index is 0.143. The van der Waals surface area contributed by atoms with Crippen molar-refractivity contribution in [2.75, 3.05) is 13.2 Å². The highest BCUT2D eigenvalue weighted by Crippen LogP contribution is 2.48. The number of alkyl halides is 3. The normalized spacial score (nSPS) is 11.7. The van der Waals surface area contributed by atoms with E-state index in [1.165, 1.54) is 50.2 Å². The van der Waals surface area contributed by atoms with Crippen LogP contribution in [0.5, 0.6) is 0 Å². The van der Waals surface area contributed by atoms with E-state index in [1.807, 2.05) is 0 Å². The maximum Gasteiger partial charge on any atom is 0.443 e. The molecular weight excluding hydrogens is 457 g/mol. The van der Waals surface area contributed by atoms with Crippen LogP contribution in [0.4, 0.5) is 13.2 Å². The Bertz CT molecular complexity index is 925. The summed E-state index contributed by atoms with van der Waals surface area (Å²) in [5.41, 5.74) is -4.83. The smallest absolute Gasteiger partial charge is 0.443 e. The monoisotopic (exact) mass is 474 g/mol. The molecule has 0 N–H and O–H groups in total. The Balaban J connectivity index is 2.54. The lowest BCUT2D eigenvalue weighted by molar-refractivity contribution is -0.159. The van der Waals surface area contributed by atoms with Crippen LogP contribution in [0, 0.1) is 0 Å². The van der Waals surface area contributed by atoms with Crippen molar-refractivity contribution in [3.05, 3.63) is 70.2 Å². The van der Waals surface area contributed by atoms with Gasteiger partial charge in [-0.3, -0.25) is 4.79 Å². The molecule has 2 rings (SSSR count). The number of thioether (sulfide) groups is 1. The molecule has 166 valence electrons. The number of hydrogen-bond donors (Lipinski definition) is 0. The molecule has 0 saturated carbocycles. The molecule has 0 atom stereocenters. The highest BCUT2D eigenvalue weighted by atomic mass is 35.5. The van der Waals surface area contributed by atoms with Crippen LogP contribution in [0.3, 0.4) is 0 Å². The fraction of sp³-hybridized carbons (Fsp3) is 0.286. The summed E-state index contributed by atoms with van der Waals surface area (Å²) in [5.74, 6) is -3.23. The second kappa shape index (κ2) is 10.2. The van der Waals surface area contributed by atoms with Crippen LogP contribution in [0.25, 0.3) is 0 Å². The standard InChI is InChI=1S/C21H18ClF3O5S/c1-3-29-18(27)20(19(28)30-4-2,31-21(23,24)25)15-9-5-13(6-10-15)17(26)14-7-11-16(22)12-8-14/h5-12H,3-4H2,1-2H3. The Morgan fingerprint density at radius 2 is 1.26 bits per heavy atom. The zero-order chi connectivity index (χ0) is 23.2. The second-order valence-corrected chi connectivity index (χ2v) is 7.80. The van der Waals surface area contributed by atoms with Crippen molar-refractivity contribution in [1.82, 2.24) is 0 Å². The van der Waals surface area contributed by atoms with Gasteiger partial charge in [0, 0.05) is 16.1 Å². The van der Waals surface area contributed by atoms with E-state index >= 15 is 0 Å². The summed E-state index contributed by atoms with van der Waals surface area (Å²) in [6.45, 7) is 2.32. The molecule has 0 fully saturated rings. The van der Waals surface area contributed by atoms with Gasteiger partial charge in [-0.15, -0.1) is 0 Å². The van der Waals surface area contributed by atoms with Gasteiger partial charge in [0.15, 0.2) is 5.78 Å². The quantitative estimate of drug-likeness (QED) is 0.299. The van der Waals surface area contributed by atoms with Gasteiger partial charge in [0.05, 0.1) is 13.2 Å². The molecule has 0 amide bonds. The van der Waals surface area contributed by atoms with Gasteiger partial charge in [0.1, 0.15) is 0 Å². The molecular formula is C21H18ClF3O5S. The van der Waals surface area contributed by atoms with E-state index in [4.69, 9.17) is 21.1 Å². The molecule has 31 heavy (non-hydrogen) atoms. The molecule has 0 aliphatic rings. The van der Waals surface area contributed by atoms with E-state index in [9.17, 15) is 27.6 Å². The lowest BCUT2D eigenvalue weighted by atomic mass is 9.95. The van der Waals surface area contributed by atoms with E-state index in [-0.39, 0.29) is 24.3 Å². The van der Waals surface area contributed by atoms with Gasteiger partial charge in [0.25, 0.3) is 0 Å². The Labute approximate surface area is 185 Å². The van der Waals surface area contributed by atoms with Gasteiger partial charge in [-0.25, -0.2) is 9.59 Å². The van der Waals surface area contributed by atoms with E-state index < -0.39 is 39.7 Å².